The summed E-state index contributed by atoms with van der Waals surface area (Å²) in [4.78, 5) is 16.7. The number of fused-ring (bicyclic) bond motifs is 2. The molecule has 0 unspecified atom stereocenters. The monoisotopic (exact) mass is 432 g/mol. The molecule has 0 radical (unpaired) electrons. The van der Waals surface area contributed by atoms with Gasteiger partial charge in [0, 0.05) is 43.5 Å². The fraction of sp³-hybridized carbons (Fsp3) is 0.478. The predicted molar refractivity (Wildman–Crippen MR) is 123 cm³/mol. The summed E-state index contributed by atoms with van der Waals surface area (Å²) in [5.41, 5.74) is 4.72. The summed E-state index contributed by atoms with van der Waals surface area (Å²) in [6.07, 6.45) is 6.12. The molecule has 1 aliphatic carbocycles. The van der Waals surface area contributed by atoms with Crippen molar-refractivity contribution in [3.63, 3.8) is 0 Å². The quantitative estimate of drug-likeness (QED) is 0.519. The summed E-state index contributed by atoms with van der Waals surface area (Å²) < 4.78 is 9.48. The molecule has 0 atom stereocenters. The molecule has 9 nitrogen and oxygen atoms in total. The molecule has 1 aliphatic heterocycles. The van der Waals surface area contributed by atoms with Crippen molar-refractivity contribution in [1.82, 2.24) is 34.0 Å². The van der Waals surface area contributed by atoms with Crippen molar-refractivity contribution in [2.45, 2.75) is 45.3 Å². The summed E-state index contributed by atoms with van der Waals surface area (Å²) >= 11 is 0. The van der Waals surface area contributed by atoms with E-state index >= 15 is 0 Å². The lowest BCUT2D eigenvalue weighted by atomic mass is 9.85. The average molecular weight is 433 g/mol. The molecule has 4 aromatic heterocycles. The molecule has 2 aliphatic rings. The van der Waals surface area contributed by atoms with Gasteiger partial charge in [-0.25, -0.2) is 19.5 Å². The molecule has 0 bridgehead atoms. The second-order valence-corrected chi connectivity index (χ2v) is 8.70. The molecule has 1 saturated heterocycles. The molecule has 0 aromatic carbocycles. The molecule has 166 valence electrons. The lowest BCUT2D eigenvalue weighted by Crippen LogP contribution is -2.53. The fourth-order valence-electron chi connectivity index (χ4n) is 4.96. The number of anilines is 1. The number of hydrogen-bond donors (Lipinski definition) is 1. The minimum atomic E-state index is 0.428. The summed E-state index contributed by atoms with van der Waals surface area (Å²) in [6, 6.07) is 7.20. The first-order valence-corrected chi connectivity index (χ1v) is 11.5. The minimum absolute atomic E-state index is 0.428. The van der Waals surface area contributed by atoms with Crippen LogP contribution in [0, 0.1) is 6.92 Å². The van der Waals surface area contributed by atoms with Crippen molar-refractivity contribution in [3.8, 4) is 11.3 Å². The van der Waals surface area contributed by atoms with E-state index in [-0.39, 0.29) is 0 Å². The maximum atomic E-state index is 5.46. The molecule has 0 spiro atoms. The van der Waals surface area contributed by atoms with Crippen LogP contribution in [0.5, 0.6) is 0 Å². The Kier molecular flexibility index (Phi) is 4.80. The second-order valence-electron chi connectivity index (χ2n) is 8.70. The molecular weight excluding hydrogens is 404 g/mol. The zero-order valence-electron chi connectivity index (χ0n) is 18.5. The Hall–Kier alpha value is -3.04. The Balaban J connectivity index is 1.20. The van der Waals surface area contributed by atoms with Crippen LogP contribution in [0.3, 0.4) is 0 Å². The average Bonchev–Trinajstić information content (AvgIpc) is 3.35. The third-order valence-corrected chi connectivity index (χ3v) is 6.80. The van der Waals surface area contributed by atoms with Crippen molar-refractivity contribution in [1.29, 1.82) is 0 Å². The van der Waals surface area contributed by atoms with E-state index in [1.54, 1.807) is 0 Å². The van der Waals surface area contributed by atoms with E-state index in [4.69, 9.17) is 14.8 Å². The number of nitrogens with one attached hydrogen (secondary N) is 1. The maximum Gasteiger partial charge on any atom is 0.241 e. The summed E-state index contributed by atoms with van der Waals surface area (Å²) in [5, 5.41) is 8.20. The number of nitrogens with zero attached hydrogens (tertiary/aromatic N) is 7. The van der Waals surface area contributed by atoms with Gasteiger partial charge in [-0.05, 0) is 44.9 Å². The van der Waals surface area contributed by atoms with Gasteiger partial charge in [0.1, 0.15) is 11.3 Å². The Morgan fingerprint density at radius 2 is 1.97 bits per heavy atom. The van der Waals surface area contributed by atoms with Crippen molar-refractivity contribution in [2.24, 2.45) is 0 Å². The molecule has 6 rings (SSSR count). The lowest BCUT2D eigenvalue weighted by Gasteiger charge is -2.44. The largest absolute Gasteiger partial charge is 0.379 e. The van der Waals surface area contributed by atoms with E-state index in [1.807, 2.05) is 36.0 Å². The van der Waals surface area contributed by atoms with Crippen LogP contribution in [-0.4, -0.2) is 72.4 Å². The van der Waals surface area contributed by atoms with Crippen LogP contribution in [0.25, 0.3) is 27.9 Å². The Morgan fingerprint density at radius 3 is 2.78 bits per heavy atom. The van der Waals surface area contributed by atoms with E-state index in [2.05, 4.69) is 37.7 Å². The molecular formula is C23H28N8O. The van der Waals surface area contributed by atoms with Crippen LogP contribution in [-0.2, 0) is 11.3 Å². The number of pyridine rings is 1. The van der Waals surface area contributed by atoms with Crippen molar-refractivity contribution < 1.29 is 4.74 Å². The van der Waals surface area contributed by atoms with Crippen LogP contribution >= 0.6 is 0 Å². The van der Waals surface area contributed by atoms with Gasteiger partial charge in [-0.2, -0.15) is 0 Å². The standard InChI is InChI=1S/C23H28N8O/c1-3-30-15(2)25-20-5-4-19(27-22(20)30)18-6-7-31-21(18)14-24-23(28-31)26-16-12-17(13-16)29-8-10-32-11-9-29/h4-7,14,16-17H,3,8-13H2,1-2H3,(H,26,28). The molecule has 2 fully saturated rings. The van der Waals surface area contributed by atoms with Gasteiger partial charge in [0.25, 0.3) is 0 Å². The third-order valence-electron chi connectivity index (χ3n) is 6.80. The smallest absolute Gasteiger partial charge is 0.241 e. The lowest BCUT2D eigenvalue weighted by molar-refractivity contribution is -0.00443. The number of ether oxygens (including phenoxy) is 1. The van der Waals surface area contributed by atoms with E-state index in [0.29, 0.717) is 18.0 Å². The number of hydrogen-bond acceptors (Lipinski definition) is 7. The Morgan fingerprint density at radius 1 is 1.12 bits per heavy atom. The van der Waals surface area contributed by atoms with Crippen LogP contribution < -0.4 is 5.32 Å². The number of aromatic nitrogens is 6. The first kappa shape index (κ1) is 19.6. The normalized spacial score (nSPS) is 21.8. The van der Waals surface area contributed by atoms with E-state index in [0.717, 1.165) is 79.5 Å². The van der Waals surface area contributed by atoms with Crippen LogP contribution in [0.1, 0.15) is 25.6 Å². The van der Waals surface area contributed by atoms with Crippen molar-refractivity contribution >= 4 is 22.6 Å². The maximum absolute atomic E-state index is 5.46. The Bertz CT molecular complexity index is 1270. The highest BCUT2D eigenvalue weighted by atomic mass is 16.5. The van der Waals surface area contributed by atoms with Gasteiger partial charge in [0.05, 0.1) is 30.6 Å². The van der Waals surface area contributed by atoms with Crippen molar-refractivity contribution in [2.75, 3.05) is 31.6 Å². The highest BCUT2D eigenvalue weighted by molar-refractivity contribution is 5.82. The number of aryl methyl sites for hydroxylation is 2. The van der Waals surface area contributed by atoms with Gasteiger partial charge < -0.3 is 14.6 Å². The molecule has 0 amide bonds. The van der Waals surface area contributed by atoms with Gasteiger partial charge in [-0.15, -0.1) is 5.10 Å². The zero-order chi connectivity index (χ0) is 21.7. The molecule has 5 heterocycles. The SMILES string of the molecule is CCn1c(C)nc2ccc(-c3ccn4nc(NC5CC(N6CCOCC6)C5)ncc34)nc21. The van der Waals surface area contributed by atoms with Gasteiger partial charge in [0.2, 0.25) is 5.95 Å². The first-order chi connectivity index (χ1) is 15.7. The highest BCUT2D eigenvalue weighted by Gasteiger charge is 2.34. The first-order valence-electron chi connectivity index (χ1n) is 11.5. The molecule has 32 heavy (non-hydrogen) atoms. The van der Waals surface area contributed by atoms with Gasteiger partial charge in [-0.1, -0.05) is 0 Å². The number of morpholine rings is 1. The third kappa shape index (κ3) is 3.32. The predicted octanol–water partition coefficient (Wildman–Crippen LogP) is 2.74. The summed E-state index contributed by atoms with van der Waals surface area (Å²) in [7, 11) is 0. The molecule has 1 N–H and O–H groups in total. The minimum Gasteiger partial charge on any atom is -0.379 e. The molecule has 1 saturated carbocycles. The summed E-state index contributed by atoms with van der Waals surface area (Å²) in [6.45, 7) is 8.78. The van der Waals surface area contributed by atoms with Crippen LogP contribution in [0.15, 0.2) is 30.6 Å². The van der Waals surface area contributed by atoms with E-state index in [1.165, 1.54) is 0 Å². The van der Waals surface area contributed by atoms with Crippen molar-refractivity contribution in [3.05, 3.63) is 36.4 Å². The number of rotatable bonds is 5. The second kappa shape index (κ2) is 7.83. The van der Waals surface area contributed by atoms with Gasteiger partial charge in [0.15, 0.2) is 5.65 Å². The zero-order valence-corrected chi connectivity index (χ0v) is 18.5. The topological polar surface area (TPSA) is 85.4 Å². The Labute approximate surface area is 186 Å². The molecule has 4 aromatic rings. The van der Waals surface area contributed by atoms with Gasteiger partial charge >= 0.3 is 0 Å². The van der Waals surface area contributed by atoms with E-state index < -0.39 is 0 Å². The summed E-state index contributed by atoms with van der Waals surface area (Å²) in [5.74, 6) is 1.66. The fourth-order valence-corrected chi connectivity index (χ4v) is 4.96. The number of imidazole rings is 1. The van der Waals surface area contributed by atoms with Crippen LogP contribution in [0.4, 0.5) is 5.95 Å². The van der Waals surface area contributed by atoms with Crippen LogP contribution in [0.2, 0.25) is 0 Å². The molecule has 9 heteroatoms. The van der Waals surface area contributed by atoms with Gasteiger partial charge in [-0.3, -0.25) is 4.90 Å². The highest BCUT2D eigenvalue weighted by Crippen LogP contribution is 2.29. The van der Waals surface area contributed by atoms with E-state index in [9.17, 15) is 0 Å².